The van der Waals surface area contributed by atoms with E-state index in [9.17, 15) is 5.11 Å². The molecule has 2 aromatic carbocycles. The van der Waals surface area contributed by atoms with Crippen LogP contribution in [0.1, 0.15) is 28.0 Å². The minimum absolute atomic E-state index is 0.249. The van der Waals surface area contributed by atoms with E-state index in [1.807, 2.05) is 45.0 Å². The molecule has 3 heteroatoms. The fraction of sp³-hybridized carbons (Fsp3) is 0.263. The van der Waals surface area contributed by atoms with E-state index in [2.05, 4.69) is 6.07 Å². The van der Waals surface area contributed by atoms with Gasteiger partial charge in [-0.05, 0) is 61.2 Å². The summed E-state index contributed by atoms with van der Waals surface area (Å²) in [6.07, 6.45) is 0.696. The average Bonchev–Trinajstić information content (AvgIpc) is 2.83. The SMILES string of the molecule is COc1ccc(Cc2oc3c(O)c(C)c(C)cc3c2C)cc1. The van der Waals surface area contributed by atoms with Gasteiger partial charge in [0.15, 0.2) is 11.3 Å². The van der Waals surface area contributed by atoms with Gasteiger partial charge in [-0.3, -0.25) is 0 Å². The lowest BCUT2D eigenvalue weighted by Gasteiger charge is -2.03. The zero-order valence-corrected chi connectivity index (χ0v) is 13.4. The largest absolute Gasteiger partial charge is 0.504 e. The molecular weight excluding hydrogens is 276 g/mol. The lowest BCUT2D eigenvalue weighted by atomic mass is 10.0. The van der Waals surface area contributed by atoms with Crippen LogP contribution in [-0.2, 0) is 6.42 Å². The van der Waals surface area contributed by atoms with Crippen molar-refractivity contribution in [1.82, 2.24) is 0 Å². The summed E-state index contributed by atoms with van der Waals surface area (Å²) in [7, 11) is 1.66. The summed E-state index contributed by atoms with van der Waals surface area (Å²) < 4.78 is 11.1. The van der Waals surface area contributed by atoms with Crippen molar-refractivity contribution >= 4 is 11.0 Å². The Balaban J connectivity index is 2.04. The highest BCUT2D eigenvalue weighted by atomic mass is 16.5. The van der Waals surface area contributed by atoms with Gasteiger partial charge in [0.2, 0.25) is 0 Å². The van der Waals surface area contributed by atoms with Crippen LogP contribution >= 0.6 is 0 Å². The fourth-order valence-corrected chi connectivity index (χ4v) is 2.70. The molecule has 1 N–H and O–H groups in total. The second-order valence-electron chi connectivity index (χ2n) is 5.72. The van der Waals surface area contributed by atoms with E-state index in [1.165, 1.54) is 0 Å². The number of aryl methyl sites for hydroxylation is 2. The molecule has 0 bridgehead atoms. The maximum absolute atomic E-state index is 10.3. The lowest BCUT2D eigenvalue weighted by Crippen LogP contribution is -1.89. The summed E-state index contributed by atoms with van der Waals surface area (Å²) in [6.45, 7) is 5.95. The van der Waals surface area contributed by atoms with Gasteiger partial charge in [0.05, 0.1) is 7.11 Å². The monoisotopic (exact) mass is 296 g/mol. The summed E-state index contributed by atoms with van der Waals surface area (Å²) >= 11 is 0. The molecule has 0 fully saturated rings. The van der Waals surface area contributed by atoms with Crippen LogP contribution < -0.4 is 4.74 Å². The molecule has 0 aliphatic carbocycles. The minimum atomic E-state index is 0.249. The molecule has 114 valence electrons. The van der Waals surface area contributed by atoms with Crippen molar-refractivity contribution in [1.29, 1.82) is 0 Å². The Morgan fingerprint density at radius 3 is 2.36 bits per heavy atom. The molecule has 0 spiro atoms. The second-order valence-corrected chi connectivity index (χ2v) is 5.72. The van der Waals surface area contributed by atoms with E-state index in [0.717, 1.165) is 39.1 Å². The molecule has 22 heavy (non-hydrogen) atoms. The molecular formula is C19H20O3. The van der Waals surface area contributed by atoms with Crippen molar-refractivity contribution in [3.05, 3.63) is 58.3 Å². The van der Waals surface area contributed by atoms with Gasteiger partial charge in [0.1, 0.15) is 11.5 Å². The molecule has 0 amide bonds. The molecule has 0 saturated carbocycles. The third-order valence-corrected chi connectivity index (χ3v) is 4.34. The maximum atomic E-state index is 10.3. The van der Waals surface area contributed by atoms with Crippen LogP contribution in [0.2, 0.25) is 0 Å². The lowest BCUT2D eigenvalue weighted by molar-refractivity contribution is 0.414. The van der Waals surface area contributed by atoms with Gasteiger partial charge in [-0.25, -0.2) is 0 Å². The van der Waals surface area contributed by atoms with Crippen LogP contribution in [0.15, 0.2) is 34.7 Å². The van der Waals surface area contributed by atoms with Crippen molar-refractivity contribution in [2.24, 2.45) is 0 Å². The Morgan fingerprint density at radius 2 is 1.73 bits per heavy atom. The molecule has 3 rings (SSSR count). The smallest absolute Gasteiger partial charge is 0.176 e. The predicted octanol–water partition coefficient (Wildman–Crippen LogP) is 4.66. The second kappa shape index (κ2) is 5.41. The van der Waals surface area contributed by atoms with E-state index in [1.54, 1.807) is 7.11 Å². The molecule has 1 heterocycles. The third kappa shape index (κ3) is 2.33. The van der Waals surface area contributed by atoms with Gasteiger partial charge in [-0.1, -0.05) is 12.1 Å². The van der Waals surface area contributed by atoms with Crippen molar-refractivity contribution in [2.75, 3.05) is 7.11 Å². The minimum Gasteiger partial charge on any atom is -0.504 e. The van der Waals surface area contributed by atoms with E-state index in [4.69, 9.17) is 9.15 Å². The Morgan fingerprint density at radius 1 is 1.05 bits per heavy atom. The average molecular weight is 296 g/mol. The van der Waals surface area contributed by atoms with Crippen LogP contribution in [-0.4, -0.2) is 12.2 Å². The number of phenols is 1. The van der Waals surface area contributed by atoms with Crippen LogP contribution in [0.3, 0.4) is 0 Å². The highest BCUT2D eigenvalue weighted by Crippen LogP contribution is 2.36. The van der Waals surface area contributed by atoms with Gasteiger partial charge in [-0.2, -0.15) is 0 Å². The number of aromatic hydroxyl groups is 1. The number of phenolic OH excluding ortho intramolecular Hbond substituents is 1. The fourth-order valence-electron chi connectivity index (χ4n) is 2.70. The topological polar surface area (TPSA) is 42.6 Å². The normalized spacial score (nSPS) is 11.1. The van der Waals surface area contributed by atoms with Gasteiger partial charge in [-0.15, -0.1) is 0 Å². The number of hydrogen-bond acceptors (Lipinski definition) is 3. The molecule has 3 nitrogen and oxygen atoms in total. The number of furan rings is 1. The summed E-state index contributed by atoms with van der Waals surface area (Å²) in [4.78, 5) is 0. The Hall–Kier alpha value is -2.42. The predicted molar refractivity (Wildman–Crippen MR) is 87.9 cm³/mol. The number of hydrogen-bond donors (Lipinski definition) is 1. The van der Waals surface area contributed by atoms with E-state index < -0.39 is 0 Å². The number of rotatable bonds is 3. The summed E-state index contributed by atoms with van der Waals surface area (Å²) in [6, 6.07) is 10.0. The molecule has 0 saturated heterocycles. The zero-order chi connectivity index (χ0) is 15.9. The van der Waals surface area contributed by atoms with E-state index in [0.29, 0.717) is 12.0 Å². The molecule has 0 aliphatic heterocycles. The zero-order valence-electron chi connectivity index (χ0n) is 13.4. The third-order valence-electron chi connectivity index (χ3n) is 4.34. The molecule has 3 aromatic rings. The summed E-state index contributed by atoms with van der Waals surface area (Å²) in [5.74, 6) is 1.98. The van der Waals surface area contributed by atoms with Crippen molar-refractivity contribution in [3.8, 4) is 11.5 Å². The van der Waals surface area contributed by atoms with Crippen LogP contribution in [0.25, 0.3) is 11.0 Å². The molecule has 0 atom stereocenters. The number of ether oxygens (including phenoxy) is 1. The summed E-state index contributed by atoms with van der Waals surface area (Å²) in [5.41, 5.74) is 4.77. The number of methoxy groups -OCH3 is 1. The van der Waals surface area contributed by atoms with Gasteiger partial charge >= 0.3 is 0 Å². The van der Waals surface area contributed by atoms with Crippen molar-refractivity contribution < 1.29 is 14.3 Å². The first-order valence-electron chi connectivity index (χ1n) is 7.35. The first kappa shape index (κ1) is 14.5. The van der Waals surface area contributed by atoms with Crippen molar-refractivity contribution in [3.63, 3.8) is 0 Å². The molecule has 0 aliphatic rings. The Kier molecular flexibility index (Phi) is 3.57. The highest BCUT2D eigenvalue weighted by molar-refractivity contribution is 5.89. The Labute approximate surface area is 130 Å². The standard InChI is InChI=1S/C19H20O3/c1-11-9-16-13(3)17(22-19(16)18(20)12(11)2)10-14-5-7-15(21-4)8-6-14/h5-9,20H,10H2,1-4H3. The van der Waals surface area contributed by atoms with Crippen LogP contribution in [0.5, 0.6) is 11.5 Å². The number of benzene rings is 2. The Bertz CT molecular complexity index is 826. The van der Waals surface area contributed by atoms with E-state index >= 15 is 0 Å². The molecule has 0 unspecified atom stereocenters. The van der Waals surface area contributed by atoms with Crippen LogP contribution in [0.4, 0.5) is 0 Å². The van der Waals surface area contributed by atoms with Gasteiger partial charge in [0, 0.05) is 11.8 Å². The van der Waals surface area contributed by atoms with Crippen molar-refractivity contribution in [2.45, 2.75) is 27.2 Å². The summed E-state index contributed by atoms with van der Waals surface area (Å²) in [5, 5.41) is 11.3. The molecule has 0 radical (unpaired) electrons. The van der Waals surface area contributed by atoms with E-state index in [-0.39, 0.29) is 5.75 Å². The van der Waals surface area contributed by atoms with Gasteiger partial charge in [0.25, 0.3) is 0 Å². The molecule has 1 aromatic heterocycles. The number of fused-ring (bicyclic) bond motifs is 1. The highest BCUT2D eigenvalue weighted by Gasteiger charge is 2.16. The first-order valence-corrected chi connectivity index (χ1v) is 7.35. The maximum Gasteiger partial charge on any atom is 0.176 e. The van der Waals surface area contributed by atoms with Gasteiger partial charge < -0.3 is 14.3 Å². The quantitative estimate of drug-likeness (QED) is 0.764. The first-order chi connectivity index (χ1) is 10.5. The van der Waals surface area contributed by atoms with Crippen LogP contribution in [0, 0.1) is 20.8 Å².